The van der Waals surface area contributed by atoms with Crippen molar-refractivity contribution >= 4 is 54.0 Å². The molecule has 3 heterocycles. The van der Waals surface area contributed by atoms with Crippen molar-refractivity contribution in [1.82, 2.24) is 19.9 Å². The molecule has 0 saturated heterocycles. The maximum atomic E-state index is 12.0. The molecule has 1 aromatic carbocycles. The number of aromatic nitrogens is 3. The van der Waals surface area contributed by atoms with Gasteiger partial charge in [-0.3, -0.25) is 4.79 Å². The Morgan fingerprint density at radius 3 is 3.03 bits per heavy atom. The van der Waals surface area contributed by atoms with E-state index in [9.17, 15) is 4.79 Å². The number of rotatable bonds is 7. The Labute approximate surface area is 185 Å². The second-order valence-corrected chi connectivity index (χ2v) is 8.26. The molecule has 0 fully saturated rings. The predicted molar refractivity (Wildman–Crippen MR) is 125 cm³/mol. The fraction of sp³-hybridized carbons (Fsp3) is 0.190. The SMILES string of the molecule is [B]c1cnn2c(NCCNC(=O)/C=C/C3CC=CS3)cc(-c3ccccc3Cl)nc12. The number of anilines is 1. The topological polar surface area (TPSA) is 71.3 Å². The number of fused-ring (bicyclic) bond motifs is 1. The van der Waals surface area contributed by atoms with Gasteiger partial charge in [-0.15, -0.1) is 11.8 Å². The molecule has 1 unspecified atom stereocenters. The predicted octanol–water partition coefficient (Wildman–Crippen LogP) is 2.95. The minimum absolute atomic E-state index is 0.107. The zero-order valence-electron chi connectivity index (χ0n) is 16.1. The maximum Gasteiger partial charge on any atom is 0.243 e. The van der Waals surface area contributed by atoms with E-state index < -0.39 is 0 Å². The summed E-state index contributed by atoms with van der Waals surface area (Å²) >= 11 is 8.06. The molecule has 2 N–H and O–H groups in total. The van der Waals surface area contributed by atoms with Gasteiger partial charge >= 0.3 is 0 Å². The van der Waals surface area contributed by atoms with Crippen LogP contribution in [0.5, 0.6) is 0 Å². The van der Waals surface area contributed by atoms with Crippen molar-refractivity contribution in [2.75, 3.05) is 18.4 Å². The van der Waals surface area contributed by atoms with Gasteiger partial charge in [0, 0.05) is 47.3 Å². The Bertz CT molecular complexity index is 1120. The number of carbonyl (C=O) groups excluding carboxylic acids is 1. The van der Waals surface area contributed by atoms with E-state index in [2.05, 4.69) is 32.2 Å². The molecule has 0 bridgehead atoms. The van der Waals surface area contributed by atoms with Crippen molar-refractivity contribution in [1.29, 1.82) is 0 Å². The molecule has 6 nitrogen and oxygen atoms in total. The first-order valence-corrected chi connectivity index (χ1v) is 10.8. The number of nitrogens with one attached hydrogen (secondary N) is 2. The van der Waals surface area contributed by atoms with Crippen LogP contribution in [0.4, 0.5) is 5.82 Å². The highest BCUT2D eigenvalue weighted by molar-refractivity contribution is 8.03. The van der Waals surface area contributed by atoms with E-state index in [0.29, 0.717) is 46.0 Å². The number of amides is 1. The van der Waals surface area contributed by atoms with E-state index >= 15 is 0 Å². The van der Waals surface area contributed by atoms with Gasteiger partial charge in [-0.05, 0) is 23.4 Å². The summed E-state index contributed by atoms with van der Waals surface area (Å²) < 4.78 is 1.64. The number of carbonyl (C=O) groups is 1. The van der Waals surface area contributed by atoms with Crippen LogP contribution >= 0.6 is 23.4 Å². The summed E-state index contributed by atoms with van der Waals surface area (Å²) in [5.41, 5.74) is 2.52. The maximum absolute atomic E-state index is 12.0. The van der Waals surface area contributed by atoms with Gasteiger partial charge in [-0.25, -0.2) is 4.98 Å². The van der Waals surface area contributed by atoms with E-state index in [1.54, 1.807) is 28.6 Å². The quantitative estimate of drug-likeness (QED) is 0.339. The lowest BCUT2D eigenvalue weighted by atomic mass is 10.0. The van der Waals surface area contributed by atoms with Crippen LogP contribution in [0.15, 0.2) is 60.2 Å². The Balaban J connectivity index is 1.43. The number of hydrogen-bond donors (Lipinski definition) is 2. The molecular weight excluding hydrogens is 417 g/mol. The largest absolute Gasteiger partial charge is 0.368 e. The standard InChI is InChI=1S/C21H19BClN5OS/c22-16-13-26-28-19(12-18(27-21(16)28)15-5-1-2-6-17(15)23)24-9-10-25-20(29)8-7-14-4-3-11-30-14/h1-3,5-8,11-14,24H,4,9-10H2,(H,25,29)/b8-7+. The van der Waals surface area contributed by atoms with Gasteiger partial charge in [0.1, 0.15) is 13.7 Å². The van der Waals surface area contributed by atoms with E-state index in [1.807, 2.05) is 36.4 Å². The monoisotopic (exact) mass is 435 g/mol. The summed E-state index contributed by atoms with van der Waals surface area (Å²) in [5, 5.41) is 13.5. The van der Waals surface area contributed by atoms with Crippen molar-refractivity contribution in [2.24, 2.45) is 0 Å². The minimum atomic E-state index is -0.107. The van der Waals surface area contributed by atoms with Crippen molar-refractivity contribution < 1.29 is 4.79 Å². The molecule has 150 valence electrons. The second-order valence-electron chi connectivity index (χ2n) is 6.70. The van der Waals surface area contributed by atoms with Gasteiger partial charge < -0.3 is 10.6 Å². The van der Waals surface area contributed by atoms with Gasteiger partial charge in [0.15, 0.2) is 5.65 Å². The summed E-state index contributed by atoms with van der Waals surface area (Å²) in [7, 11) is 6.03. The first-order chi connectivity index (χ1) is 14.6. The van der Waals surface area contributed by atoms with Crippen LogP contribution in [0.2, 0.25) is 5.02 Å². The summed E-state index contributed by atoms with van der Waals surface area (Å²) in [6, 6.07) is 9.37. The van der Waals surface area contributed by atoms with E-state index in [-0.39, 0.29) is 5.91 Å². The van der Waals surface area contributed by atoms with Gasteiger partial charge in [0.2, 0.25) is 5.91 Å². The third-order valence-electron chi connectivity index (χ3n) is 4.56. The minimum Gasteiger partial charge on any atom is -0.368 e. The van der Waals surface area contributed by atoms with E-state index in [0.717, 1.165) is 12.0 Å². The molecule has 0 saturated carbocycles. The molecule has 2 aromatic heterocycles. The van der Waals surface area contributed by atoms with Crippen molar-refractivity contribution in [2.45, 2.75) is 11.7 Å². The highest BCUT2D eigenvalue weighted by atomic mass is 35.5. The molecule has 3 aromatic rings. The number of benzene rings is 1. The Hall–Kier alpha value is -2.71. The number of allylic oxidation sites excluding steroid dienone is 1. The van der Waals surface area contributed by atoms with Crippen molar-refractivity contribution in [3.05, 3.63) is 65.2 Å². The molecule has 30 heavy (non-hydrogen) atoms. The lowest BCUT2D eigenvalue weighted by Crippen LogP contribution is -2.27. The van der Waals surface area contributed by atoms with Crippen LogP contribution < -0.4 is 16.1 Å². The highest BCUT2D eigenvalue weighted by Gasteiger charge is 2.12. The number of halogens is 1. The summed E-state index contributed by atoms with van der Waals surface area (Å²) in [6.45, 7) is 0.974. The Morgan fingerprint density at radius 2 is 2.23 bits per heavy atom. The zero-order valence-corrected chi connectivity index (χ0v) is 17.7. The molecule has 1 atom stereocenters. The zero-order chi connectivity index (χ0) is 20.9. The smallest absolute Gasteiger partial charge is 0.243 e. The Kier molecular flexibility index (Phi) is 6.45. The second kappa shape index (κ2) is 9.41. The normalized spacial score (nSPS) is 15.8. The van der Waals surface area contributed by atoms with Gasteiger partial charge in [0.25, 0.3) is 0 Å². The number of nitrogens with zero attached hydrogens (tertiary/aromatic N) is 3. The fourth-order valence-electron chi connectivity index (χ4n) is 3.07. The van der Waals surface area contributed by atoms with Gasteiger partial charge in [-0.1, -0.05) is 42.0 Å². The summed E-state index contributed by atoms with van der Waals surface area (Å²) in [4.78, 5) is 16.6. The first-order valence-electron chi connectivity index (χ1n) is 9.51. The third-order valence-corrected chi connectivity index (χ3v) is 5.94. The molecule has 0 spiro atoms. The Morgan fingerprint density at radius 1 is 1.37 bits per heavy atom. The molecule has 2 radical (unpaired) electrons. The van der Waals surface area contributed by atoms with E-state index in [4.69, 9.17) is 19.4 Å². The molecule has 0 aliphatic carbocycles. The first kappa shape index (κ1) is 20.6. The van der Waals surface area contributed by atoms with E-state index in [1.165, 1.54) is 0 Å². The molecule has 1 aliphatic heterocycles. The molecule has 9 heteroatoms. The van der Waals surface area contributed by atoms with Crippen LogP contribution in [-0.2, 0) is 4.79 Å². The van der Waals surface area contributed by atoms with Crippen molar-refractivity contribution in [3.8, 4) is 11.3 Å². The van der Waals surface area contributed by atoms with Crippen LogP contribution in [0.25, 0.3) is 16.9 Å². The van der Waals surface area contributed by atoms with Gasteiger partial charge in [0.05, 0.1) is 5.69 Å². The average molecular weight is 436 g/mol. The average Bonchev–Trinajstić information content (AvgIpc) is 3.40. The van der Waals surface area contributed by atoms with Crippen LogP contribution in [0.1, 0.15) is 6.42 Å². The number of thioether (sulfide) groups is 1. The number of hydrogen-bond acceptors (Lipinski definition) is 5. The summed E-state index contributed by atoms with van der Waals surface area (Å²) in [5.74, 6) is 0.606. The van der Waals surface area contributed by atoms with Crippen molar-refractivity contribution in [3.63, 3.8) is 0 Å². The van der Waals surface area contributed by atoms with Crippen LogP contribution in [0.3, 0.4) is 0 Å². The lowest BCUT2D eigenvalue weighted by molar-refractivity contribution is -0.116. The van der Waals surface area contributed by atoms with Crippen LogP contribution in [0, 0.1) is 0 Å². The fourth-order valence-corrected chi connectivity index (χ4v) is 4.12. The lowest BCUT2D eigenvalue weighted by Gasteiger charge is -2.12. The molecular formula is C21H19BClN5OS. The highest BCUT2D eigenvalue weighted by Crippen LogP contribution is 2.28. The summed E-state index contributed by atoms with van der Waals surface area (Å²) in [6.07, 6.45) is 8.16. The molecule has 1 amide bonds. The van der Waals surface area contributed by atoms with Gasteiger partial charge in [-0.2, -0.15) is 9.61 Å². The third kappa shape index (κ3) is 4.71. The van der Waals surface area contributed by atoms with Crippen LogP contribution in [-0.4, -0.2) is 46.7 Å². The molecule has 1 aliphatic rings. The molecule has 4 rings (SSSR count).